The molecule has 2 aromatic rings. The summed E-state index contributed by atoms with van der Waals surface area (Å²) in [5, 5.41) is 0. The van der Waals surface area contributed by atoms with Crippen molar-refractivity contribution in [3.8, 4) is 0 Å². The SMILES string of the molecule is C=C(C)OCC[N+]1=C(C=CC=CC=C2N(CCOC(C)=O)c3ccccc3C2(C)C)C(C)(C)c2ccccc21. The second-order valence-electron chi connectivity index (χ2n) is 11.2. The number of esters is 1. The van der Waals surface area contributed by atoms with Crippen LogP contribution in [0.1, 0.15) is 52.7 Å². The third-order valence-corrected chi connectivity index (χ3v) is 7.61. The van der Waals surface area contributed by atoms with Gasteiger partial charge >= 0.3 is 5.97 Å². The Balaban J connectivity index is 1.60. The van der Waals surface area contributed by atoms with Crippen LogP contribution >= 0.6 is 0 Å². The van der Waals surface area contributed by atoms with Gasteiger partial charge in [0.1, 0.15) is 13.2 Å². The summed E-state index contributed by atoms with van der Waals surface area (Å²) in [5.41, 5.74) is 7.13. The van der Waals surface area contributed by atoms with Crippen molar-refractivity contribution in [2.45, 2.75) is 52.4 Å². The Labute approximate surface area is 233 Å². The number of nitrogens with zero attached hydrogens (tertiary/aromatic N) is 2. The molecule has 0 bridgehead atoms. The van der Waals surface area contributed by atoms with Gasteiger partial charge < -0.3 is 14.4 Å². The van der Waals surface area contributed by atoms with Gasteiger partial charge in [-0.3, -0.25) is 4.79 Å². The Kier molecular flexibility index (Phi) is 8.29. The molecular weight excluding hydrogens is 484 g/mol. The highest BCUT2D eigenvalue weighted by Crippen LogP contribution is 2.47. The number of para-hydroxylation sites is 2. The van der Waals surface area contributed by atoms with Gasteiger partial charge in [0.15, 0.2) is 12.3 Å². The summed E-state index contributed by atoms with van der Waals surface area (Å²) >= 11 is 0. The van der Waals surface area contributed by atoms with Crippen LogP contribution in [0, 0.1) is 0 Å². The van der Waals surface area contributed by atoms with Gasteiger partial charge in [-0.25, -0.2) is 0 Å². The molecule has 0 amide bonds. The van der Waals surface area contributed by atoms with Crippen molar-refractivity contribution in [2.24, 2.45) is 0 Å². The molecule has 2 aromatic carbocycles. The molecule has 0 aromatic heterocycles. The standard InChI is InChI=1S/C34H41N2O3/c1-25(2)38-23-21-35-29-17-13-11-15-27(29)33(4,5)31(35)19-9-8-10-20-32-34(6,7)28-16-12-14-18-30(28)36(32)22-24-39-26(3)37/h8-20H,1,21-24H2,2-7H3/q+1. The van der Waals surface area contributed by atoms with Crippen molar-refractivity contribution in [2.75, 3.05) is 31.2 Å². The van der Waals surface area contributed by atoms with Crippen molar-refractivity contribution in [3.05, 3.63) is 108 Å². The molecule has 0 atom stereocenters. The van der Waals surface area contributed by atoms with E-state index < -0.39 is 0 Å². The first-order valence-electron chi connectivity index (χ1n) is 13.6. The zero-order valence-corrected chi connectivity index (χ0v) is 24.2. The molecule has 204 valence electrons. The predicted molar refractivity (Wildman–Crippen MR) is 160 cm³/mol. The van der Waals surface area contributed by atoms with Crippen LogP contribution in [0.3, 0.4) is 0 Å². The lowest BCUT2D eigenvalue weighted by molar-refractivity contribution is -0.441. The van der Waals surface area contributed by atoms with Gasteiger partial charge in [0.05, 0.1) is 17.7 Å². The Morgan fingerprint density at radius 1 is 0.897 bits per heavy atom. The molecule has 0 fully saturated rings. The second kappa shape index (κ2) is 11.5. The Morgan fingerprint density at radius 3 is 2.31 bits per heavy atom. The lowest BCUT2D eigenvalue weighted by atomic mass is 9.81. The molecule has 4 rings (SSSR count). The number of fused-ring (bicyclic) bond motifs is 2. The van der Waals surface area contributed by atoms with E-state index in [-0.39, 0.29) is 16.8 Å². The average molecular weight is 526 g/mol. The molecule has 2 heterocycles. The van der Waals surface area contributed by atoms with E-state index in [1.165, 1.54) is 40.8 Å². The van der Waals surface area contributed by atoms with Crippen LogP contribution in [0.2, 0.25) is 0 Å². The van der Waals surface area contributed by atoms with E-state index in [4.69, 9.17) is 9.47 Å². The molecule has 2 aliphatic heterocycles. The molecule has 0 saturated heterocycles. The van der Waals surface area contributed by atoms with Crippen LogP contribution in [0.25, 0.3) is 0 Å². The summed E-state index contributed by atoms with van der Waals surface area (Å²) in [4.78, 5) is 13.6. The van der Waals surface area contributed by atoms with Gasteiger partial charge in [-0.2, -0.15) is 4.58 Å². The van der Waals surface area contributed by atoms with Crippen molar-refractivity contribution in [3.63, 3.8) is 0 Å². The molecule has 0 unspecified atom stereocenters. The molecule has 2 aliphatic rings. The first kappa shape index (κ1) is 28.2. The van der Waals surface area contributed by atoms with Gasteiger partial charge in [-0.05, 0) is 38.5 Å². The molecule has 5 heteroatoms. The number of anilines is 1. The molecule has 0 N–H and O–H groups in total. The summed E-state index contributed by atoms with van der Waals surface area (Å²) in [6, 6.07) is 17.1. The number of rotatable bonds is 10. The highest BCUT2D eigenvalue weighted by molar-refractivity contribution is 6.03. The van der Waals surface area contributed by atoms with E-state index in [0.29, 0.717) is 19.8 Å². The maximum absolute atomic E-state index is 11.4. The molecule has 0 spiro atoms. The Hall–Kier alpha value is -3.86. The fraction of sp³-hybridized carbons (Fsp3) is 0.353. The monoisotopic (exact) mass is 525 g/mol. The van der Waals surface area contributed by atoms with E-state index in [1.54, 1.807) is 0 Å². The van der Waals surface area contributed by atoms with Crippen LogP contribution in [-0.2, 0) is 25.1 Å². The van der Waals surface area contributed by atoms with Crippen LogP contribution in [0.15, 0.2) is 96.9 Å². The number of benzene rings is 2. The lowest BCUT2D eigenvalue weighted by Crippen LogP contribution is -2.29. The van der Waals surface area contributed by atoms with E-state index in [9.17, 15) is 4.79 Å². The minimum Gasteiger partial charge on any atom is -0.492 e. The quantitative estimate of drug-likeness (QED) is 0.145. The summed E-state index contributed by atoms with van der Waals surface area (Å²) < 4.78 is 13.3. The summed E-state index contributed by atoms with van der Waals surface area (Å²) in [6.45, 7) is 18.5. The summed E-state index contributed by atoms with van der Waals surface area (Å²) in [7, 11) is 0. The number of hydrogen-bond acceptors (Lipinski definition) is 4. The van der Waals surface area contributed by atoms with Crippen LogP contribution in [-0.4, -0.2) is 42.6 Å². The summed E-state index contributed by atoms with van der Waals surface area (Å²) in [6.07, 6.45) is 10.7. The first-order chi connectivity index (χ1) is 18.5. The molecule has 5 nitrogen and oxygen atoms in total. The number of allylic oxidation sites excluding steroid dienone is 7. The third kappa shape index (κ3) is 5.78. The number of carbonyl (C=O) groups is 1. The lowest BCUT2D eigenvalue weighted by Gasteiger charge is -2.26. The fourth-order valence-electron chi connectivity index (χ4n) is 5.71. The molecule has 39 heavy (non-hydrogen) atoms. The molecular formula is C34H41N2O3+. The highest BCUT2D eigenvalue weighted by Gasteiger charge is 2.44. The maximum atomic E-state index is 11.4. The maximum Gasteiger partial charge on any atom is 0.302 e. The fourth-order valence-corrected chi connectivity index (χ4v) is 5.71. The zero-order chi connectivity index (χ0) is 28.2. The van der Waals surface area contributed by atoms with Gasteiger partial charge in [0, 0.05) is 41.4 Å². The van der Waals surface area contributed by atoms with Crippen LogP contribution in [0.4, 0.5) is 11.4 Å². The van der Waals surface area contributed by atoms with Crippen LogP contribution in [0.5, 0.6) is 0 Å². The summed E-state index contributed by atoms with van der Waals surface area (Å²) in [5.74, 6) is 0.473. The zero-order valence-electron chi connectivity index (χ0n) is 24.2. The van der Waals surface area contributed by atoms with Crippen molar-refractivity contribution in [1.29, 1.82) is 0 Å². The van der Waals surface area contributed by atoms with Gasteiger partial charge in [-0.1, -0.05) is 75.1 Å². The van der Waals surface area contributed by atoms with Gasteiger partial charge in [0.25, 0.3) is 0 Å². The van der Waals surface area contributed by atoms with Crippen molar-refractivity contribution >= 4 is 23.1 Å². The first-order valence-corrected chi connectivity index (χ1v) is 13.6. The van der Waals surface area contributed by atoms with Crippen molar-refractivity contribution in [1.82, 2.24) is 0 Å². The van der Waals surface area contributed by atoms with E-state index >= 15 is 0 Å². The molecule has 0 saturated carbocycles. The largest absolute Gasteiger partial charge is 0.492 e. The van der Waals surface area contributed by atoms with Crippen molar-refractivity contribution < 1.29 is 18.8 Å². The highest BCUT2D eigenvalue weighted by atomic mass is 16.5. The minimum atomic E-state index is -0.257. The minimum absolute atomic E-state index is 0.120. The third-order valence-electron chi connectivity index (χ3n) is 7.61. The Morgan fingerprint density at radius 2 is 1.59 bits per heavy atom. The smallest absolute Gasteiger partial charge is 0.302 e. The van der Waals surface area contributed by atoms with E-state index in [1.807, 2.05) is 6.92 Å². The number of hydrogen-bond donors (Lipinski definition) is 0. The number of carbonyl (C=O) groups excluding carboxylic acids is 1. The molecule has 0 aliphatic carbocycles. The van der Waals surface area contributed by atoms with Crippen LogP contribution < -0.4 is 4.90 Å². The van der Waals surface area contributed by atoms with Gasteiger partial charge in [-0.15, -0.1) is 0 Å². The Bertz CT molecular complexity index is 1370. The van der Waals surface area contributed by atoms with E-state index in [2.05, 4.69) is 123 Å². The number of ether oxygens (including phenoxy) is 2. The predicted octanol–water partition coefficient (Wildman–Crippen LogP) is 6.97. The topological polar surface area (TPSA) is 41.8 Å². The van der Waals surface area contributed by atoms with E-state index in [0.717, 1.165) is 12.3 Å². The molecule has 0 radical (unpaired) electrons. The second-order valence-corrected chi connectivity index (χ2v) is 11.2. The van der Waals surface area contributed by atoms with Gasteiger partial charge in [0.2, 0.25) is 5.69 Å². The normalized spacial score (nSPS) is 18.2. The average Bonchev–Trinajstić information content (AvgIpc) is 3.23.